The Hall–Kier alpha value is -2.58. The van der Waals surface area contributed by atoms with Crippen LogP contribution in [-0.2, 0) is 15.0 Å². The minimum atomic E-state index is -0.442. The topological polar surface area (TPSA) is 101 Å². The van der Waals surface area contributed by atoms with Crippen molar-refractivity contribution in [1.82, 2.24) is 5.32 Å². The van der Waals surface area contributed by atoms with E-state index in [2.05, 4.69) is 18.3 Å². The van der Waals surface area contributed by atoms with E-state index < -0.39 is 5.54 Å². The summed E-state index contributed by atoms with van der Waals surface area (Å²) in [5.41, 5.74) is 15.6. The predicted molar refractivity (Wildman–Crippen MR) is 107 cm³/mol. The first-order chi connectivity index (χ1) is 13.5. The van der Waals surface area contributed by atoms with Crippen LogP contribution >= 0.6 is 0 Å². The normalized spacial score (nSPS) is 24.5. The molecular formula is C21H25N3O4. The van der Waals surface area contributed by atoms with Crippen molar-refractivity contribution in [2.24, 2.45) is 5.73 Å². The first-order valence-electron chi connectivity index (χ1n) is 9.15. The van der Waals surface area contributed by atoms with Crippen molar-refractivity contribution < 1.29 is 18.9 Å². The number of benzene rings is 2. The third-order valence-corrected chi connectivity index (χ3v) is 5.12. The van der Waals surface area contributed by atoms with Crippen molar-refractivity contribution in [3.63, 3.8) is 0 Å². The van der Waals surface area contributed by atoms with Gasteiger partial charge in [-0.25, -0.2) is 0 Å². The van der Waals surface area contributed by atoms with Crippen LogP contribution in [0.2, 0.25) is 0 Å². The highest BCUT2D eigenvalue weighted by molar-refractivity contribution is 5.74. The summed E-state index contributed by atoms with van der Waals surface area (Å²) in [4.78, 5) is 0. The van der Waals surface area contributed by atoms with Gasteiger partial charge in [0, 0.05) is 5.69 Å². The van der Waals surface area contributed by atoms with Crippen molar-refractivity contribution >= 4 is 11.3 Å². The number of nitrogen functional groups attached to an aromatic ring is 1. The molecule has 2 aromatic rings. The highest BCUT2D eigenvalue weighted by atomic mass is 16.9. The van der Waals surface area contributed by atoms with E-state index in [1.807, 2.05) is 42.5 Å². The maximum Gasteiger partial charge on any atom is 0.196 e. The molecule has 0 aliphatic carbocycles. The standard InChI is InChI=1S/C21H25N3O4/c1-21(10-16(20(23)24-21)13-3-6-15(22)7-4-13)14-5-8-17(18(9-14)25-2)26-11-19-27-12-28-19/h3-10,19-20,24H,11-12,22-23H2,1-2H3. The maximum absolute atomic E-state index is 6.37. The minimum Gasteiger partial charge on any atom is -0.493 e. The number of ether oxygens (including phenoxy) is 4. The van der Waals surface area contributed by atoms with Crippen molar-refractivity contribution in [2.75, 3.05) is 26.2 Å². The Balaban J connectivity index is 1.59. The van der Waals surface area contributed by atoms with E-state index in [0.717, 1.165) is 22.4 Å². The molecule has 1 fully saturated rings. The van der Waals surface area contributed by atoms with Crippen LogP contribution in [0.25, 0.3) is 5.57 Å². The molecule has 7 heteroatoms. The fourth-order valence-electron chi connectivity index (χ4n) is 3.48. The molecule has 2 aliphatic rings. The SMILES string of the molecule is COc1cc(C2(C)C=C(c3ccc(N)cc3)C(N)N2)ccc1OCC1OCO1. The maximum atomic E-state index is 6.37. The van der Waals surface area contributed by atoms with Gasteiger partial charge in [0.05, 0.1) is 18.8 Å². The summed E-state index contributed by atoms with van der Waals surface area (Å²) in [6.45, 7) is 2.72. The van der Waals surface area contributed by atoms with Gasteiger partial charge in [-0.2, -0.15) is 0 Å². The fraction of sp³-hybridized carbons (Fsp3) is 0.333. The van der Waals surface area contributed by atoms with Crippen LogP contribution in [-0.4, -0.2) is 33.0 Å². The lowest BCUT2D eigenvalue weighted by Crippen LogP contribution is -2.43. The van der Waals surface area contributed by atoms with Gasteiger partial charge in [0.1, 0.15) is 6.61 Å². The zero-order valence-corrected chi connectivity index (χ0v) is 16.0. The van der Waals surface area contributed by atoms with E-state index in [9.17, 15) is 0 Å². The number of nitrogens with two attached hydrogens (primary N) is 2. The Morgan fingerprint density at radius 1 is 1.14 bits per heavy atom. The second-order valence-corrected chi connectivity index (χ2v) is 7.10. The number of methoxy groups -OCH3 is 1. The number of hydrogen-bond donors (Lipinski definition) is 3. The molecule has 28 heavy (non-hydrogen) atoms. The molecule has 1 saturated heterocycles. The summed E-state index contributed by atoms with van der Waals surface area (Å²) in [6.07, 6.45) is 1.54. The monoisotopic (exact) mass is 383 g/mol. The zero-order valence-electron chi connectivity index (χ0n) is 16.0. The molecule has 0 spiro atoms. The highest BCUT2D eigenvalue weighted by Crippen LogP contribution is 2.38. The molecule has 2 heterocycles. The van der Waals surface area contributed by atoms with Gasteiger partial charge in [-0.15, -0.1) is 0 Å². The van der Waals surface area contributed by atoms with Gasteiger partial charge >= 0.3 is 0 Å². The summed E-state index contributed by atoms with van der Waals surface area (Å²) in [7, 11) is 1.62. The molecule has 5 N–H and O–H groups in total. The van der Waals surface area contributed by atoms with Gasteiger partial charge in [-0.05, 0) is 47.9 Å². The molecule has 4 rings (SSSR count). The quantitative estimate of drug-likeness (QED) is 0.657. The van der Waals surface area contributed by atoms with Gasteiger partial charge in [-0.1, -0.05) is 24.3 Å². The third kappa shape index (κ3) is 3.57. The van der Waals surface area contributed by atoms with E-state index >= 15 is 0 Å². The van der Waals surface area contributed by atoms with E-state index in [1.165, 1.54) is 0 Å². The lowest BCUT2D eigenvalue weighted by atomic mass is 9.91. The molecular weight excluding hydrogens is 358 g/mol. The number of nitrogens with one attached hydrogen (secondary N) is 1. The average Bonchev–Trinajstić information content (AvgIpc) is 2.97. The van der Waals surface area contributed by atoms with Crippen LogP contribution in [0.3, 0.4) is 0 Å². The Bertz CT molecular complexity index is 880. The molecule has 2 unspecified atom stereocenters. The summed E-state index contributed by atoms with van der Waals surface area (Å²) in [5, 5.41) is 3.47. The Kier molecular flexibility index (Phi) is 4.99. The number of hydrogen-bond acceptors (Lipinski definition) is 7. The summed E-state index contributed by atoms with van der Waals surface area (Å²) in [5.74, 6) is 1.28. The van der Waals surface area contributed by atoms with Gasteiger partial charge in [0.15, 0.2) is 24.6 Å². The third-order valence-electron chi connectivity index (χ3n) is 5.12. The van der Waals surface area contributed by atoms with Crippen molar-refractivity contribution in [3.05, 3.63) is 59.7 Å². The van der Waals surface area contributed by atoms with E-state index in [0.29, 0.717) is 24.9 Å². The van der Waals surface area contributed by atoms with Gasteiger partial charge < -0.3 is 30.4 Å². The van der Waals surface area contributed by atoms with Crippen LogP contribution in [0.15, 0.2) is 48.5 Å². The molecule has 0 saturated carbocycles. The molecule has 7 nitrogen and oxygen atoms in total. The van der Waals surface area contributed by atoms with Crippen LogP contribution < -0.4 is 26.3 Å². The fourth-order valence-corrected chi connectivity index (χ4v) is 3.48. The van der Waals surface area contributed by atoms with Crippen LogP contribution in [0.4, 0.5) is 5.69 Å². The molecule has 0 aromatic heterocycles. The molecule has 148 valence electrons. The number of rotatable bonds is 6. The molecule has 2 aliphatic heterocycles. The zero-order chi connectivity index (χ0) is 19.7. The molecule has 0 radical (unpaired) electrons. The number of anilines is 1. The lowest BCUT2D eigenvalue weighted by molar-refractivity contribution is -0.327. The average molecular weight is 383 g/mol. The Morgan fingerprint density at radius 3 is 2.54 bits per heavy atom. The smallest absolute Gasteiger partial charge is 0.196 e. The van der Waals surface area contributed by atoms with Crippen LogP contribution in [0.5, 0.6) is 11.5 Å². The second-order valence-electron chi connectivity index (χ2n) is 7.10. The summed E-state index contributed by atoms with van der Waals surface area (Å²) in [6, 6.07) is 13.6. The predicted octanol–water partition coefficient (Wildman–Crippen LogP) is 2.17. The molecule has 0 amide bonds. The first kappa shape index (κ1) is 18.8. The Labute approximate surface area is 164 Å². The van der Waals surface area contributed by atoms with Crippen LogP contribution in [0, 0.1) is 0 Å². The van der Waals surface area contributed by atoms with E-state index in [4.69, 9.17) is 30.4 Å². The van der Waals surface area contributed by atoms with E-state index in [-0.39, 0.29) is 12.5 Å². The largest absolute Gasteiger partial charge is 0.493 e. The molecule has 2 aromatic carbocycles. The van der Waals surface area contributed by atoms with Gasteiger partial charge in [-0.3, -0.25) is 5.32 Å². The molecule has 0 bridgehead atoms. The van der Waals surface area contributed by atoms with Gasteiger partial charge in [0.2, 0.25) is 0 Å². The molecule has 2 atom stereocenters. The highest BCUT2D eigenvalue weighted by Gasteiger charge is 2.35. The Morgan fingerprint density at radius 2 is 1.89 bits per heavy atom. The van der Waals surface area contributed by atoms with Crippen molar-refractivity contribution in [2.45, 2.75) is 24.9 Å². The van der Waals surface area contributed by atoms with Crippen molar-refractivity contribution in [3.8, 4) is 11.5 Å². The van der Waals surface area contributed by atoms with Crippen LogP contribution in [0.1, 0.15) is 18.1 Å². The van der Waals surface area contributed by atoms with Gasteiger partial charge in [0.25, 0.3) is 0 Å². The summed E-state index contributed by atoms with van der Waals surface area (Å²) < 4.78 is 21.7. The van der Waals surface area contributed by atoms with Crippen molar-refractivity contribution in [1.29, 1.82) is 0 Å². The summed E-state index contributed by atoms with van der Waals surface area (Å²) >= 11 is 0. The lowest BCUT2D eigenvalue weighted by Gasteiger charge is -2.28. The second kappa shape index (κ2) is 7.44. The minimum absolute atomic E-state index is 0.288. The van der Waals surface area contributed by atoms with E-state index in [1.54, 1.807) is 7.11 Å². The first-order valence-corrected chi connectivity index (χ1v) is 9.15.